The highest BCUT2D eigenvalue weighted by atomic mass is 16.6. The first-order valence-corrected chi connectivity index (χ1v) is 5.20. The van der Waals surface area contributed by atoms with Gasteiger partial charge in [-0.3, -0.25) is 0 Å². The molecule has 1 aliphatic carbocycles. The second-order valence-electron chi connectivity index (χ2n) is 4.13. The fourth-order valence-corrected chi connectivity index (χ4v) is 2.27. The second-order valence-corrected chi connectivity index (χ2v) is 4.13. The molecule has 2 atom stereocenters. The maximum absolute atomic E-state index is 5.49. The summed E-state index contributed by atoms with van der Waals surface area (Å²) in [5, 5.41) is 3.23. The van der Waals surface area contributed by atoms with E-state index in [2.05, 4.69) is 5.32 Å². The summed E-state index contributed by atoms with van der Waals surface area (Å²) in [7, 11) is 2.04. The van der Waals surface area contributed by atoms with Crippen LogP contribution in [0.4, 0.5) is 0 Å². The molecule has 0 spiro atoms. The third kappa shape index (κ3) is 1.99. The fourth-order valence-electron chi connectivity index (χ4n) is 2.27. The number of fused-ring (bicyclic) bond motifs is 1. The van der Waals surface area contributed by atoms with E-state index in [-0.39, 0.29) is 0 Å². The van der Waals surface area contributed by atoms with Crippen LogP contribution in [0.3, 0.4) is 0 Å². The van der Waals surface area contributed by atoms with E-state index < -0.39 is 0 Å². The Morgan fingerprint density at radius 1 is 1.17 bits per heavy atom. The minimum Gasteiger partial charge on any atom is -0.370 e. The van der Waals surface area contributed by atoms with Gasteiger partial charge in [0.1, 0.15) is 0 Å². The standard InChI is InChI=1S/C10H19NO/c1-11-7-6-8-2-4-9-10(12-9)5-3-8/h8-11H,2-7H2,1H3. The summed E-state index contributed by atoms with van der Waals surface area (Å²) in [6.45, 7) is 1.18. The molecule has 1 aliphatic heterocycles. The van der Waals surface area contributed by atoms with Gasteiger partial charge in [0, 0.05) is 0 Å². The van der Waals surface area contributed by atoms with E-state index in [1.54, 1.807) is 0 Å². The van der Waals surface area contributed by atoms with E-state index in [4.69, 9.17) is 4.74 Å². The summed E-state index contributed by atoms with van der Waals surface area (Å²) >= 11 is 0. The normalized spacial score (nSPS) is 40.2. The minimum atomic E-state index is 0.657. The lowest BCUT2D eigenvalue weighted by molar-refractivity contribution is 0.295. The zero-order chi connectivity index (χ0) is 8.39. The molecule has 0 radical (unpaired) electrons. The summed E-state index contributed by atoms with van der Waals surface area (Å²) < 4.78 is 5.49. The van der Waals surface area contributed by atoms with Crippen LogP contribution in [0.25, 0.3) is 0 Å². The smallest absolute Gasteiger partial charge is 0.0842 e. The average Bonchev–Trinajstić information content (AvgIpc) is 2.80. The quantitative estimate of drug-likeness (QED) is 0.648. The lowest BCUT2D eigenvalue weighted by Gasteiger charge is -2.13. The fraction of sp³-hybridized carbons (Fsp3) is 1.00. The molecule has 1 saturated heterocycles. The highest BCUT2D eigenvalue weighted by Crippen LogP contribution is 2.37. The summed E-state index contributed by atoms with van der Waals surface area (Å²) in [6, 6.07) is 0. The molecule has 2 aliphatic rings. The van der Waals surface area contributed by atoms with Gasteiger partial charge in [0.25, 0.3) is 0 Å². The molecular formula is C10H19NO. The lowest BCUT2D eigenvalue weighted by atomic mass is 9.96. The first-order chi connectivity index (χ1) is 5.90. The van der Waals surface area contributed by atoms with Crippen LogP contribution in [0.2, 0.25) is 0 Å². The van der Waals surface area contributed by atoms with E-state index in [9.17, 15) is 0 Å². The van der Waals surface area contributed by atoms with Crippen molar-refractivity contribution in [2.24, 2.45) is 5.92 Å². The van der Waals surface area contributed by atoms with Crippen LogP contribution >= 0.6 is 0 Å². The van der Waals surface area contributed by atoms with Crippen LogP contribution in [0.15, 0.2) is 0 Å². The van der Waals surface area contributed by atoms with Crippen molar-refractivity contribution >= 4 is 0 Å². The van der Waals surface area contributed by atoms with E-state index in [0.717, 1.165) is 5.92 Å². The van der Waals surface area contributed by atoms with Gasteiger partial charge in [-0.05, 0) is 51.6 Å². The Hall–Kier alpha value is -0.0800. The van der Waals surface area contributed by atoms with Crippen molar-refractivity contribution < 1.29 is 4.74 Å². The number of nitrogens with one attached hydrogen (secondary N) is 1. The second kappa shape index (κ2) is 3.75. The number of hydrogen-bond donors (Lipinski definition) is 1. The van der Waals surface area contributed by atoms with Crippen molar-refractivity contribution in [1.82, 2.24) is 5.32 Å². The lowest BCUT2D eigenvalue weighted by Crippen LogP contribution is -2.13. The molecule has 0 aromatic heterocycles. The van der Waals surface area contributed by atoms with Crippen molar-refractivity contribution in [3.8, 4) is 0 Å². The zero-order valence-corrected chi connectivity index (χ0v) is 7.88. The summed E-state index contributed by atoms with van der Waals surface area (Å²) in [5.41, 5.74) is 0. The van der Waals surface area contributed by atoms with Gasteiger partial charge >= 0.3 is 0 Å². The van der Waals surface area contributed by atoms with Gasteiger partial charge in [-0.25, -0.2) is 0 Å². The van der Waals surface area contributed by atoms with E-state index in [1.165, 1.54) is 38.6 Å². The van der Waals surface area contributed by atoms with Gasteiger partial charge in [0.05, 0.1) is 12.2 Å². The van der Waals surface area contributed by atoms with Crippen LogP contribution in [-0.4, -0.2) is 25.8 Å². The zero-order valence-electron chi connectivity index (χ0n) is 7.88. The maximum atomic E-state index is 5.49. The molecule has 1 N–H and O–H groups in total. The molecule has 12 heavy (non-hydrogen) atoms. The molecule has 70 valence electrons. The Morgan fingerprint density at radius 3 is 2.42 bits per heavy atom. The Kier molecular flexibility index (Phi) is 2.66. The highest BCUT2D eigenvalue weighted by Gasteiger charge is 2.40. The van der Waals surface area contributed by atoms with Crippen molar-refractivity contribution in [3.05, 3.63) is 0 Å². The van der Waals surface area contributed by atoms with Crippen molar-refractivity contribution in [2.45, 2.75) is 44.3 Å². The van der Waals surface area contributed by atoms with Crippen LogP contribution in [-0.2, 0) is 4.74 Å². The molecule has 2 heteroatoms. The predicted octanol–water partition coefficient (Wildman–Crippen LogP) is 1.55. The average molecular weight is 169 g/mol. The number of hydrogen-bond acceptors (Lipinski definition) is 2. The van der Waals surface area contributed by atoms with E-state index >= 15 is 0 Å². The summed E-state index contributed by atoms with van der Waals surface area (Å²) in [6.07, 6.45) is 8.09. The maximum Gasteiger partial charge on any atom is 0.0842 e. The van der Waals surface area contributed by atoms with Gasteiger partial charge in [-0.2, -0.15) is 0 Å². The van der Waals surface area contributed by atoms with E-state index in [0.29, 0.717) is 12.2 Å². The first kappa shape index (κ1) is 8.52. The molecular weight excluding hydrogens is 150 g/mol. The number of ether oxygens (including phenoxy) is 1. The number of rotatable bonds is 3. The Morgan fingerprint density at radius 2 is 1.83 bits per heavy atom. The molecule has 0 amide bonds. The third-order valence-electron chi connectivity index (χ3n) is 3.21. The van der Waals surface area contributed by atoms with Crippen LogP contribution in [0.1, 0.15) is 32.1 Å². The first-order valence-electron chi connectivity index (χ1n) is 5.20. The van der Waals surface area contributed by atoms with Crippen LogP contribution < -0.4 is 5.32 Å². The van der Waals surface area contributed by atoms with Crippen LogP contribution in [0, 0.1) is 5.92 Å². The molecule has 2 nitrogen and oxygen atoms in total. The largest absolute Gasteiger partial charge is 0.370 e. The van der Waals surface area contributed by atoms with Gasteiger partial charge in [0.15, 0.2) is 0 Å². The topological polar surface area (TPSA) is 24.6 Å². The summed E-state index contributed by atoms with van der Waals surface area (Å²) in [5.74, 6) is 0.967. The van der Waals surface area contributed by atoms with Crippen molar-refractivity contribution in [1.29, 1.82) is 0 Å². The highest BCUT2D eigenvalue weighted by molar-refractivity contribution is 4.88. The third-order valence-corrected chi connectivity index (χ3v) is 3.21. The van der Waals surface area contributed by atoms with Gasteiger partial charge in [-0.1, -0.05) is 0 Å². The van der Waals surface area contributed by atoms with Crippen LogP contribution in [0.5, 0.6) is 0 Å². The molecule has 1 saturated carbocycles. The molecule has 2 unspecified atom stereocenters. The number of epoxide rings is 1. The molecule has 0 aromatic carbocycles. The Bertz CT molecular complexity index is 137. The van der Waals surface area contributed by atoms with Gasteiger partial charge < -0.3 is 10.1 Å². The SMILES string of the molecule is CNCCC1CCC2OC2CC1. The monoisotopic (exact) mass is 169 g/mol. The molecule has 0 aromatic rings. The van der Waals surface area contributed by atoms with Gasteiger partial charge in [-0.15, -0.1) is 0 Å². The van der Waals surface area contributed by atoms with Gasteiger partial charge in [0.2, 0.25) is 0 Å². The predicted molar refractivity (Wildman–Crippen MR) is 49.2 cm³/mol. The Labute approximate surface area is 74.7 Å². The van der Waals surface area contributed by atoms with E-state index in [1.807, 2.05) is 7.05 Å². The molecule has 1 heterocycles. The molecule has 2 rings (SSSR count). The van der Waals surface area contributed by atoms with Crippen molar-refractivity contribution in [2.75, 3.05) is 13.6 Å². The molecule has 0 bridgehead atoms. The molecule has 2 fully saturated rings. The summed E-state index contributed by atoms with van der Waals surface area (Å²) in [4.78, 5) is 0. The minimum absolute atomic E-state index is 0.657. The Balaban J connectivity index is 1.69. The van der Waals surface area contributed by atoms with Crippen molar-refractivity contribution in [3.63, 3.8) is 0 Å².